The Hall–Kier alpha value is -1.76. The zero-order valence-corrected chi connectivity index (χ0v) is 12.3. The van der Waals surface area contributed by atoms with Crippen LogP contribution in [0.3, 0.4) is 0 Å². The molecule has 1 aromatic heterocycles. The number of aromatic nitrogens is 1. The van der Waals surface area contributed by atoms with Crippen LogP contribution in [0, 0.1) is 0 Å². The van der Waals surface area contributed by atoms with E-state index in [1.165, 1.54) is 7.11 Å². The molecular formula is C13H21N3O4. The maximum Gasteiger partial charge on any atom is 0.411 e. The van der Waals surface area contributed by atoms with Gasteiger partial charge in [0.1, 0.15) is 11.6 Å². The molecule has 2 rings (SSSR count). The van der Waals surface area contributed by atoms with E-state index in [-0.39, 0.29) is 12.1 Å². The Morgan fingerprint density at radius 1 is 1.55 bits per heavy atom. The first-order valence-electron chi connectivity index (χ1n) is 6.61. The molecule has 2 heterocycles. The Bertz CT molecular complexity index is 466. The predicted molar refractivity (Wildman–Crippen MR) is 71.6 cm³/mol. The van der Waals surface area contributed by atoms with E-state index in [9.17, 15) is 4.79 Å². The Morgan fingerprint density at radius 3 is 2.90 bits per heavy atom. The van der Waals surface area contributed by atoms with Gasteiger partial charge in [-0.15, -0.1) is 0 Å². The molecule has 7 heteroatoms. The molecule has 1 fully saturated rings. The standard InChI is InChI=1S/C13H21N3O4/c1-13(2,3)19-12(17)16-6-5-14-8-9(16)10-7-11(18-4)15-20-10/h7,9,14H,5-6,8H2,1-4H3. The SMILES string of the molecule is COc1cc(C2CNCCN2C(=O)OC(C)(C)C)on1. The number of rotatable bonds is 2. The topological polar surface area (TPSA) is 76.8 Å². The fraction of sp³-hybridized carbons (Fsp3) is 0.692. The van der Waals surface area contributed by atoms with Gasteiger partial charge in [-0.25, -0.2) is 4.79 Å². The highest BCUT2D eigenvalue weighted by atomic mass is 16.6. The van der Waals surface area contributed by atoms with E-state index < -0.39 is 5.60 Å². The molecule has 1 N–H and O–H groups in total. The van der Waals surface area contributed by atoms with Crippen molar-refractivity contribution in [1.82, 2.24) is 15.4 Å². The van der Waals surface area contributed by atoms with Gasteiger partial charge in [-0.1, -0.05) is 0 Å². The van der Waals surface area contributed by atoms with Crippen LogP contribution in [0.25, 0.3) is 0 Å². The second-order valence-electron chi connectivity index (χ2n) is 5.67. The van der Waals surface area contributed by atoms with Crippen LogP contribution in [-0.2, 0) is 4.74 Å². The Labute approximate surface area is 118 Å². The van der Waals surface area contributed by atoms with Gasteiger partial charge >= 0.3 is 6.09 Å². The highest BCUT2D eigenvalue weighted by molar-refractivity contribution is 5.69. The van der Waals surface area contributed by atoms with Gasteiger partial charge in [0.15, 0.2) is 5.76 Å². The van der Waals surface area contributed by atoms with Gasteiger partial charge in [0.2, 0.25) is 0 Å². The number of ether oxygens (including phenoxy) is 2. The minimum atomic E-state index is -0.522. The maximum absolute atomic E-state index is 12.3. The number of nitrogens with zero attached hydrogens (tertiary/aromatic N) is 2. The second-order valence-corrected chi connectivity index (χ2v) is 5.67. The van der Waals surface area contributed by atoms with Crippen molar-refractivity contribution in [2.24, 2.45) is 0 Å². The highest BCUT2D eigenvalue weighted by Crippen LogP contribution is 2.26. The van der Waals surface area contributed by atoms with Crippen molar-refractivity contribution in [2.75, 3.05) is 26.7 Å². The molecule has 1 unspecified atom stereocenters. The minimum absolute atomic E-state index is 0.241. The zero-order valence-electron chi connectivity index (χ0n) is 12.3. The average Bonchev–Trinajstić information content (AvgIpc) is 2.85. The third-order valence-corrected chi connectivity index (χ3v) is 2.92. The monoisotopic (exact) mass is 283 g/mol. The number of piperazine rings is 1. The summed E-state index contributed by atoms with van der Waals surface area (Å²) < 4.78 is 15.7. The predicted octanol–water partition coefficient (Wildman–Crippen LogP) is 1.56. The van der Waals surface area contributed by atoms with E-state index in [4.69, 9.17) is 14.0 Å². The number of methoxy groups -OCH3 is 1. The molecule has 1 aliphatic rings. The van der Waals surface area contributed by atoms with Gasteiger partial charge in [0.05, 0.1) is 7.11 Å². The highest BCUT2D eigenvalue weighted by Gasteiger charge is 2.33. The van der Waals surface area contributed by atoms with E-state index in [0.717, 1.165) is 6.54 Å². The van der Waals surface area contributed by atoms with Crippen molar-refractivity contribution < 1.29 is 18.8 Å². The third-order valence-electron chi connectivity index (χ3n) is 2.92. The van der Waals surface area contributed by atoms with Crippen molar-refractivity contribution in [3.05, 3.63) is 11.8 Å². The van der Waals surface area contributed by atoms with Gasteiger partial charge in [0, 0.05) is 25.7 Å². The summed E-state index contributed by atoms with van der Waals surface area (Å²) in [6, 6.07) is 1.45. The van der Waals surface area contributed by atoms with E-state index in [1.807, 2.05) is 20.8 Å². The summed E-state index contributed by atoms with van der Waals surface area (Å²) in [6.45, 7) is 7.42. The van der Waals surface area contributed by atoms with Crippen LogP contribution in [0.15, 0.2) is 10.6 Å². The van der Waals surface area contributed by atoms with Crippen LogP contribution in [0.4, 0.5) is 4.79 Å². The summed E-state index contributed by atoms with van der Waals surface area (Å²) in [4.78, 5) is 13.9. The molecule has 1 aliphatic heterocycles. The number of amides is 1. The first kappa shape index (κ1) is 14.6. The molecule has 1 saturated heterocycles. The molecule has 0 radical (unpaired) electrons. The van der Waals surface area contributed by atoms with Gasteiger partial charge in [-0.05, 0) is 25.9 Å². The molecule has 0 saturated carbocycles. The van der Waals surface area contributed by atoms with E-state index >= 15 is 0 Å². The Kier molecular flexibility index (Phi) is 4.17. The number of nitrogens with one attached hydrogen (secondary N) is 1. The van der Waals surface area contributed by atoms with E-state index in [0.29, 0.717) is 24.7 Å². The quantitative estimate of drug-likeness (QED) is 0.887. The van der Waals surface area contributed by atoms with Crippen LogP contribution in [-0.4, -0.2) is 48.5 Å². The van der Waals surface area contributed by atoms with Crippen LogP contribution in [0.5, 0.6) is 5.88 Å². The largest absolute Gasteiger partial charge is 0.479 e. The number of carbonyl (C=O) groups is 1. The molecule has 20 heavy (non-hydrogen) atoms. The second kappa shape index (κ2) is 5.70. The smallest absolute Gasteiger partial charge is 0.411 e. The molecule has 1 amide bonds. The molecule has 1 atom stereocenters. The van der Waals surface area contributed by atoms with Gasteiger partial charge in [0.25, 0.3) is 5.88 Å². The first-order chi connectivity index (χ1) is 9.40. The summed E-state index contributed by atoms with van der Waals surface area (Å²) in [6.07, 6.45) is -0.348. The Morgan fingerprint density at radius 2 is 2.30 bits per heavy atom. The summed E-state index contributed by atoms with van der Waals surface area (Å²) >= 11 is 0. The number of carbonyl (C=O) groups excluding carboxylic acids is 1. The van der Waals surface area contributed by atoms with E-state index in [1.54, 1.807) is 11.0 Å². The first-order valence-corrected chi connectivity index (χ1v) is 6.61. The fourth-order valence-corrected chi connectivity index (χ4v) is 2.02. The minimum Gasteiger partial charge on any atom is -0.479 e. The molecule has 0 spiro atoms. The molecule has 0 aromatic carbocycles. The molecule has 7 nitrogen and oxygen atoms in total. The van der Waals surface area contributed by atoms with Gasteiger partial charge in [-0.3, -0.25) is 4.90 Å². The fourth-order valence-electron chi connectivity index (χ4n) is 2.02. The van der Waals surface area contributed by atoms with Crippen molar-refractivity contribution in [2.45, 2.75) is 32.4 Å². The lowest BCUT2D eigenvalue weighted by Gasteiger charge is -2.35. The third kappa shape index (κ3) is 3.41. The van der Waals surface area contributed by atoms with Crippen LogP contribution >= 0.6 is 0 Å². The summed E-state index contributed by atoms with van der Waals surface area (Å²) in [7, 11) is 1.52. The molecular weight excluding hydrogens is 262 g/mol. The van der Waals surface area contributed by atoms with Crippen LogP contribution in [0.1, 0.15) is 32.6 Å². The van der Waals surface area contributed by atoms with Gasteiger partial charge < -0.3 is 19.3 Å². The molecule has 1 aromatic rings. The lowest BCUT2D eigenvalue weighted by Crippen LogP contribution is -2.50. The van der Waals surface area contributed by atoms with Crippen LogP contribution in [0.2, 0.25) is 0 Å². The normalized spacial score (nSPS) is 19.8. The van der Waals surface area contributed by atoms with Crippen molar-refractivity contribution >= 4 is 6.09 Å². The molecule has 112 valence electrons. The number of hydrogen-bond acceptors (Lipinski definition) is 6. The maximum atomic E-state index is 12.3. The lowest BCUT2D eigenvalue weighted by molar-refractivity contribution is 0.00865. The lowest BCUT2D eigenvalue weighted by atomic mass is 10.1. The van der Waals surface area contributed by atoms with Crippen molar-refractivity contribution in [3.63, 3.8) is 0 Å². The Balaban J connectivity index is 2.14. The summed E-state index contributed by atoms with van der Waals surface area (Å²) in [5.74, 6) is 0.981. The zero-order chi connectivity index (χ0) is 14.8. The molecule has 0 aliphatic carbocycles. The number of hydrogen-bond donors (Lipinski definition) is 1. The average molecular weight is 283 g/mol. The summed E-state index contributed by atoms with van der Waals surface area (Å²) in [5, 5.41) is 7.00. The summed E-state index contributed by atoms with van der Waals surface area (Å²) in [5.41, 5.74) is -0.522. The van der Waals surface area contributed by atoms with Crippen molar-refractivity contribution in [3.8, 4) is 5.88 Å². The van der Waals surface area contributed by atoms with Crippen LogP contribution < -0.4 is 10.1 Å². The van der Waals surface area contributed by atoms with Gasteiger partial charge in [-0.2, -0.15) is 0 Å². The van der Waals surface area contributed by atoms with E-state index in [2.05, 4.69) is 10.5 Å². The van der Waals surface area contributed by atoms with Crippen molar-refractivity contribution in [1.29, 1.82) is 0 Å². The molecule has 0 bridgehead atoms.